The van der Waals surface area contributed by atoms with Crippen molar-refractivity contribution in [2.75, 3.05) is 4.90 Å². The number of alkyl carbamates (subject to hydrolysis) is 1. The Bertz CT molecular complexity index is 837. The molecule has 1 heterocycles. The highest BCUT2D eigenvalue weighted by molar-refractivity contribution is 6.07. The minimum Gasteiger partial charge on any atom is -0.444 e. The zero-order valence-electron chi connectivity index (χ0n) is 16.3. The van der Waals surface area contributed by atoms with Gasteiger partial charge in [-0.15, -0.1) is 0 Å². The van der Waals surface area contributed by atoms with Gasteiger partial charge < -0.3 is 15.0 Å². The lowest BCUT2D eigenvalue weighted by Crippen LogP contribution is -2.35. The van der Waals surface area contributed by atoms with Crippen molar-refractivity contribution in [1.82, 2.24) is 5.32 Å². The average molecular weight is 366 g/mol. The number of nitrogens with one attached hydrogen (secondary N) is 1. The molecule has 3 rings (SSSR count). The molecule has 0 aromatic heterocycles. The Kier molecular flexibility index (Phi) is 5.22. The molecule has 1 atom stereocenters. The molecule has 0 unspecified atom stereocenters. The van der Waals surface area contributed by atoms with E-state index in [1.807, 2.05) is 68.1 Å². The van der Waals surface area contributed by atoms with E-state index in [2.05, 4.69) is 18.3 Å². The quantitative estimate of drug-likeness (QED) is 0.881. The van der Waals surface area contributed by atoms with Crippen LogP contribution in [0.2, 0.25) is 0 Å². The summed E-state index contributed by atoms with van der Waals surface area (Å²) in [5, 5.41) is 2.72. The summed E-state index contributed by atoms with van der Waals surface area (Å²) in [6.07, 6.45) is 0.421. The zero-order valence-corrected chi connectivity index (χ0v) is 16.3. The average Bonchev–Trinajstić information content (AvgIpc) is 2.94. The number of carbonyl (C=O) groups excluding carboxylic acids is 2. The Morgan fingerprint density at radius 2 is 1.78 bits per heavy atom. The van der Waals surface area contributed by atoms with E-state index >= 15 is 0 Å². The molecule has 0 spiro atoms. The van der Waals surface area contributed by atoms with Crippen molar-refractivity contribution in [3.8, 4) is 0 Å². The van der Waals surface area contributed by atoms with Crippen LogP contribution in [0.1, 0.15) is 49.2 Å². The number of benzene rings is 2. The molecule has 0 bridgehead atoms. The van der Waals surface area contributed by atoms with E-state index in [1.54, 1.807) is 0 Å². The van der Waals surface area contributed by atoms with Crippen LogP contribution in [-0.2, 0) is 17.7 Å². The van der Waals surface area contributed by atoms with Gasteiger partial charge in [-0.05, 0) is 63.4 Å². The van der Waals surface area contributed by atoms with Crippen molar-refractivity contribution < 1.29 is 14.3 Å². The number of para-hydroxylation sites is 1. The Morgan fingerprint density at radius 1 is 1.11 bits per heavy atom. The summed E-state index contributed by atoms with van der Waals surface area (Å²) < 4.78 is 5.22. The van der Waals surface area contributed by atoms with Crippen molar-refractivity contribution in [2.45, 2.75) is 52.3 Å². The van der Waals surface area contributed by atoms with Crippen molar-refractivity contribution in [3.05, 3.63) is 65.2 Å². The summed E-state index contributed by atoms with van der Waals surface area (Å²) in [6, 6.07) is 15.5. The van der Waals surface area contributed by atoms with E-state index in [9.17, 15) is 9.59 Å². The molecule has 2 amide bonds. The monoisotopic (exact) mass is 366 g/mol. The van der Waals surface area contributed by atoms with E-state index in [1.165, 1.54) is 5.56 Å². The number of carbonyl (C=O) groups is 2. The first-order chi connectivity index (χ1) is 12.7. The lowest BCUT2D eigenvalue weighted by molar-refractivity contribution is 0.0523. The second kappa shape index (κ2) is 7.43. The van der Waals surface area contributed by atoms with Crippen LogP contribution in [0.25, 0.3) is 0 Å². The van der Waals surface area contributed by atoms with Gasteiger partial charge in [-0.1, -0.05) is 30.3 Å². The van der Waals surface area contributed by atoms with Crippen LogP contribution >= 0.6 is 0 Å². The maximum atomic E-state index is 13.0. The topological polar surface area (TPSA) is 58.6 Å². The molecule has 0 radical (unpaired) electrons. The molecular formula is C22H26N2O3. The third kappa shape index (κ3) is 4.48. The van der Waals surface area contributed by atoms with Crippen LogP contribution in [0.4, 0.5) is 10.5 Å². The molecule has 0 aliphatic carbocycles. The van der Waals surface area contributed by atoms with Crippen LogP contribution < -0.4 is 10.2 Å². The fourth-order valence-corrected chi connectivity index (χ4v) is 3.27. The van der Waals surface area contributed by atoms with E-state index in [0.29, 0.717) is 12.1 Å². The summed E-state index contributed by atoms with van der Waals surface area (Å²) in [6.45, 7) is 7.89. The van der Waals surface area contributed by atoms with Gasteiger partial charge >= 0.3 is 6.09 Å². The fraction of sp³-hybridized carbons (Fsp3) is 0.364. The third-order valence-electron chi connectivity index (χ3n) is 4.46. The minimum absolute atomic E-state index is 0.000832. The van der Waals surface area contributed by atoms with E-state index in [0.717, 1.165) is 17.7 Å². The first-order valence-corrected chi connectivity index (χ1v) is 9.22. The fourth-order valence-electron chi connectivity index (χ4n) is 3.27. The largest absolute Gasteiger partial charge is 0.444 e. The van der Waals surface area contributed by atoms with Crippen molar-refractivity contribution >= 4 is 17.7 Å². The van der Waals surface area contributed by atoms with E-state index < -0.39 is 11.7 Å². The lowest BCUT2D eigenvalue weighted by atomic mass is 10.1. The molecule has 0 fully saturated rings. The summed E-state index contributed by atoms with van der Waals surface area (Å²) >= 11 is 0. The minimum atomic E-state index is -0.525. The summed E-state index contributed by atoms with van der Waals surface area (Å²) in [7, 11) is 0. The molecule has 0 saturated carbocycles. The highest BCUT2D eigenvalue weighted by Gasteiger charge is 2.31. The van der Waals surface area contributed by atoms with E-state index in [4.69, 9.17) is 4.74 Å². The maximum absolute atomic E-state index is 13.0. The zero-order chi connectivity index (χ0) is 19.6. The molecule has 1 N–H and O–H groups in total. The SMILES string of the molecule is C[C@H]1Cc2ccccc2N1C(=O)c1ccc(CNC(=O)OC(C)(C)C)cc1. The Balaban J connectivity index is 1.65. The molecular weight excluding hydrogens is 340 g/mol. The maximum Gasteiger partial charge on any atom is 0.407 e. The van der Waals surface area contributed by atoms with Gasteiger partial charge in [0, 0.05) is 23.8 Å². The van der Waals surface area contributed by atoms with Crippen molar-refractivity contribution in [3.63, 3.8) is 0 Å². The molecule has 5 nitrogen and oxygen atoms in total. The number of ether oxygens (including phenoxy) is 1. The first-order valence-electron chi connectivity index (χ1n) is 9.22. The Morgan fingerprint density at radius 3 is 2.44 bits per heavy atom. The summed E-state index contributed by atoms with van der Waals surface area (Å²) in [4.78, 5) is 26.6. The number of hydrogen-bond donors (Lipinski definition) is 1. The molecule has 142 valence electrons. The van der Waals surface area contributed by atoms with Crippen LogP contribution in [0.15, 0.2) is 48.5 Å². The third-order valence-corrected chi connectivity index (χ3v) is 4.46. The van der Waals surface area contributed by atoms with Crippen LogP contribution in [-0.4, -0.2) is 23.6 Å². The van der Waals surface area contributed by atoms with Crippen molar-refractivity contribution in [2.24, 2.45) is 0 Å². The van der Waals surface area contributed by atoms with Crippen LogP contribution in [0.5, 0.6) is 0 Å². The van der Waals surface area contributed by atoms with Crippen LogP contribution in [0.3, 0.4) is 0 Å². The molecule has 27 heavy (non-hydrogen) atoms. The normalized spacial score (nSPS) is 16.0. The van der Waals surface area contributed by atoms with E-state index in [-0.39, 0.29) is 11.9 Å². The molecule has 5 heteroatoms. The van der Waals surface area contributed by atoms with Crippen molar-refractivity contribution in [1.29, 1.82) is 0 Å². The predicted octanol–water partition coefficient (Wildman–Crippen LogP) is 4.30. The number of fused-ring (bicyclic) bond motifs is 1. The first kappa shape index (κ1) is 19.0. The molecule has 1 aliphatic heterocycles. The standard InChI is InChI=1S/C22H26N2O3/c1-15-13-18-7-5-6-8-19(18)24(15)20(25)17-11-9-16(10-12-17)14-23-21(26)27-22(2,3)4/h5-12,15H,13-14H2,1-4H3,(H,23,26)/t15-/m0/s1. The molecule has 0 saturated heterocycles. The predicted molar refractivity (Wildman–Crippen MR) is 106 cm³/mol. The number of rotatable bonds is 3. The second-order valence-corrected chi connectivity index (χ2v) is 7.91. The molecule has 2 aromatic rings. The summed E-state index contributed by atoms with van der Waals surface area (Å²) in [5.74, 6) is -0.000832. The Labute approximate surface area is 160 Å². The van der Waals surface area contributed by atoms with Gasteiger partial charge in [0.25, 0.3) is 5.91 Å². The van der Waals surface area contributed by atoms with Gasteiger partial charge in [0.15, 0.2) is 0 Å². The van der Waals surface area contributed by atoms with Gasteiger partial charge in [-0.2, -0.15) is 0 Å². The molecule has 2 aromatic carbocycles. The van der Waals surface area contributed by atoms with Gasteiger partial charge in [0.05, 0.1) is 0 Å². The number of nitrogens with zero attached hydrogens (tertiary/aromatic N) is 1. The lowest BCUT2D eigenvalue weighted by Gasteiger charge is -2.23. The molecule has 1 aliphatic rings. The second-order valence-electron chi connectivity index (χ2n) is 7.91. The van der Waals surface area contributed by atoms with Gasteiger partial charge in [0.1, 0.15) is 5.60 Å². The number of anilines is 1. The Hall–Kier alpha value is -2.82. The highest BCUT2D eigenvalue weighted by Crippen LogP contribution is 2.33. The van der Waals surface area contributed by atoms with Gasteiger partial charge in [-0.25, -0.2) is 4.79 Å². The summed E-state index contributed by atoms with van der Waals surface area (Å²) in [5.41, 5.74) is 3.22. The smallest absolute Gasteiger partial charge is 0.407 e. The van der Waals surface area contributed by atoms with Crippen LogP contribution in [0, 0.1) is 0 Å². The van der Waals surface area contributed by atoms with Gasteiger partial charge in [0.2, 0.25) is 0 Å². The highest BCUT2D eigenvalue weighted by atomic mass is 16.6. The number of hydrogen-bond acceptors (Lipinski definition) is 3. The number of amides is 2. The van der Waals surface area contributed by atoms with Gasteiger partial charge in [-0.3, -0.25) is 4.79 Å².